The maximum Gasteiger partial charge on any atom is 0.359 e. The first kappa shape index (κ1) is 13.1. The van der Waals surface area contributed by atoms with Crippen LogP contribution in [0.2, 0.25) is 0 Å². The maximum absolute atomic E-state index is 10.2. The number of aromatic carboxylic acids is 2. The highest BCUT2D eigenvalue weighted by Gasteiger charge is 2.19. The summed E-state index contributed by atoms with van der Waals surface area (Å²) in [6.45, 7) is 0. The van der Waals surface area contributed by atoms with Crippen molar-refractivity contribution in [3.05, 3.63) is 29.7 Å². The Morgan fingerprint density at radius 3 is 2.40 bits per heavy atom. The van der Waals surface area contributed by atoms with Gasteiger partial charge in [0.05, 0.1) is 0 Å². The molecular weight excluding hydrogens is 270 g/mol. The molecule has 0 aliphatic carbocycles. The summed E-state index contributed by atoms with van der Waals surface area (Å²) < 4.78 is 0. The van der Waals surface area contributed by atoms with Crippen LogP contribution in [0.15, 0.2) is 18.3 Å². The van der Waals surface area contributed by atoms with Gasteiger partial charge in [0.15, 0.2) is 5.69 Å². The average molecular weight is 277 g/mol. The van der Waals surface area contributed by atoms with Crippen molar-refractivity contribution >= 4 is 23.1 Å². The second kappa shape index (κ2) is 5.51. The molecule has 3 aromatic heterocycles. The molecule has 3 rings (SSSR count). The fourth-order valence-electron chi connectivity index (χ4n) is 1.22. The van der Waals surface area contributed by atoms with Gasteiger partial charge in [-0.1, -0.05) is 10.4 Å². The van der Waals surface area contributed by atoms with Crippen LogP contribution in [0.3, 0.4) is 0 Å². The zero-order valence-electron chi connectivity index (χ0n) is 9.68. The number of nitrogens with zero attached hydrogens (tertiary/aromatic N) is 5. The van der Waals surface area contributed by atoms with Crippen LogP contribution in [-0.4, -0.2) is 58.0 Å². The van der Waals surface area contributed by atoms with E-state index in [-0.39, 0.29) is 0 Å². The Bertz CT molecular complexity index is 691. The maximum atomic E-state index is 10.2. The molecule has 3 heterocycles. The number of rotatable bonds is 2. The fraction of sp³-hybridized carbons (Fsp3) is 0. The van der Waals surface area contributed by atoms with Gasteiger partial charge in [0.1, 0.15) is 5.52 Å². The number of hydrogen-bond donors (Lipinski definition) is 4. The lowest BCUT2D eigenvalue weighted by molar-refractivity contribution is 0.0644. The molecule has 0 unspecified atom stereocenters. The first-order chi connectivity index (χ1) is 9.59. The summed E-state index contributed by atoms with van der Waals surface area (Å²) >= 11 is 0. The molecule has 0 bridgehead atoms. The molecule has 0 amide bonds. The highest BCUT2D eigenvalue weighted by Crippen LogP contribution is 2.00. The summed E-state index contributed by atoms with van der Waals surface area (Å²) in [6, 6.07) is 3.71. The zero-order chi connectivity index (χ0) is 14.5. The number of aromatic nitrogens is 7. The van der Waals surface area contributed by atoms with Crippen molar-refractivity contribution in [1.82, 2.24) is 35.8 Å². The lowest BCUT2D eigenvalue weighted by Gasteiger charge is -1.86. The quantitative estimate of drug-likeness (QED) is 0.484. The smallest absolute Gasteiger partial charge is 0.359 e. The van der Waals surface area contributed by atoms with Crippen LogP contribution in [0.4, 0.5) is 0 Å². The molecular formula is C9H7N7O4. The van der Waals surface area contributed by atoms with Crippen molar-refractivity contribution in [3.63, 3.8) is 0 Å². The summed E-state index contributed by atoms with van der Waals surface area (Å²) in [7, 11) is 0. The fourth-order valence-corrected chi connectivity index (χ4v) is 1.22. The molecule has 4 N–H and O–H groups in total. The third-order valence-electron chi connectivity index (χ3n) is 2.07. The largest absolute Gasteiger partial charge is 0.476 e. The highest BCUT2D eigenvalue weighted by atomic mass is 16.4. The van der Waals surface area contributed by atoms with E-state index in [1.54, 1.807) is 6.20 Å². The van der Waals surface area contributed by atoms with Crippen molar-refractivity contribution < 1.29 is 19.8 Å². The Kier molecular flexibility index (Phi) is 3.60. The topological polar surface area (TPSA) is 171 Å². The summed E-state index contributed by atoms with van der Waals surface area (Å²) in [5.74, 6) is -2.82. The number of carboxylic acids is 2. The van der Waals surface area contributed by atoms with E-state index in [0.717, 1.165) is 5.52 Å². The number of aromatic amines is 2. The number of pyridine rings is 1. The van der Waals surface area contributed by atoms with E-state index in [4.69, 9.17) is 10.2 Å². The molecule has 0 aromatic carbocycles. The molecule has 0 aliphatic heterocycles. The van der Waals surface area contributed by atoms with Gasteiger partial charge in [0.2, 0.25) is 11.3 Å². The van der Waals surface area contributed by atoms with Gasteiger partial charge >= 0.3 is 11.9 Å². The van der Waals surface area contributed by atoms with Crippen molar-refractivity contribution in [2.24, 2.45) is 0 Å². The van der Waals surface area contributed by atoms with Crippen molar-refractivity contribution in [3.8, 4) is 0 Å². The van der Waals surface area contributed by atoms with E-state index >= 15 is 0 Å². The van der Waals surface area contributed by atoms with Crippen LogP contribution < -0.4 is 0 Å². The van der Waals surface area contributed by atoms with Crippen LogP contribution in [0.1, 0.15) is 21.0 Å². The molecule has 0 fully saturated rings. The third-order valence-corrected chi connectivity index (χ3v) is 2.07. The molecule has 0 saturated carbocycles. The minimum absolute atomic E-state index is 0.516. The predicted octanol–water partition coefficient (Wildman–Crippen LogP) is -0.446. The van der Waals surface area contributed by atoms with E-state index in [2.05, 4.69) is 30.7 Å². The molecule has 0 spiro atoms. The molecule has 11 heteroatoms. The molecule has 0 radical (unpaired) electrons. The van der Waals surface area contributed by atoms with Gasteiger partial charge in [-0.3, -0.25) is 10.2 Å². The number of carboxylic acid groups (broad SMARTS) is 2. The summed E-state index contributed by atoms with van der Waals surface area (Å²) in [4.78, 5) is 24.4. The predicted molar refractivity (Wildman–Crippen MR) is 62.0 cm³/mol. The van der Waals surface area contributed by atoms with E-state index < -0.39 is 23.3 Å². The minimum atomic E-state index is -1.42. The normalized spacial score (nSPS) is 9.80. The van der Waals surface area contributed by atoms with Gasteiger partial charge in [-0.05, 0) is 12.1 Å². The van der Waals surface area contributed by atoms with Gasteiger partial charge in [-0.15, -0.1) is 10.2 Å². The minimum Gasteiger partial charge on any atom is -0.476 e. The van der Waals surface area contributed by atoms with E-state index in [1.807, 2.05) is 17.2 Å². The van der Waals surface area contributed by atoms with E-state index in [0.29, 0.717) is 5.65 Å². The first-order valence-electron chi connectivity index (χ1n) is 5.09. The Morgan fingerprint density at radius 1 is 1.05 bits per heavy atom. The average Bonchev–Trinajstić information content (AvgIpc) is 3.08. The molecule has 0 aliphatic rings. The van der Waals surface area contributed by atoms with Crippen LogP contribution in [0.25, 0.3) is 11.2 Å². The number of hydrogen-bond acceptors (Lipinski definition) is 7. The molecule has 3 aromatic rings. The summed E-state index contributed by atoms with van der Waals surface area (Å²) in [5.41, 5.74) is 0.435. The number of nitrogens with one attached hydrogen (secondary N) is 2. The summed E-state index contributed by atoms with van der Waals surface area (Å²) in [5, 5.41) is 34.6. The Morgan fingerprint density at radius 2 is 1.80 bits per heavy atom. The van der Waals surface area contributed by atoms with Gasteiger partial charge in [0.25, 0.3) is 0 Å². The number of fused-ring (bicyclic) bond motifs is 1. The molecule has 102 valence electrons. The highest BCUT2D eigenvalue weighted by molar-refractivity contribution is 5.98. The Balaban J connectivity index is 0.000000149. The van der Waals surface area contributed by atoms with Crippen molar-refractivity contribution in [2.75, 3.05) is 0 Å². The van der Waals surface area contributed by atoms with Crippen LogP contribution in [-0.2, 0) is 0 Å². The van der Waals surface area contributed by atoms with Crippen molar-refractivity contribution in [2.45, 2.75) is 0 Å². The summed E-state index contributed by atoms with van der Waals surface area (Å²) in [6.07, 6.45) is 1.69. The molecule has 0 atom stereocenters. The van der Waals surface area contributed by atoms with Gasteiger partial charge < -0.3 is 10.2 Å². The van der Waals surface area contributed by atoms with Crippen LogP contribution in [0, 0.1) is 0 Å². The second-order valence-corrected chi connectivity index (χ2v) is 3.33. The lowest BCUT2D eigenvalue weighted by Crippen LogP contribution is -2.07. The molecule has 11 nitrogen and oxygen atoms in total. The second-order valence-electron chi connectivity index (χ2n) is 3.33. The van der Waals surface area contributed by atoms with E-state index in [1.165, 1.54) is 0 Å². The molecule has 20 heavy (non-hydrogen) atoms. The van der Waals surface area contributed by atoms with Crippen LogP contribution >= 0.6 is 0 Å². The zero-order valence-corrected chi connectivity index (χ0v) is 9.68. The van der Waals surface area contributed by atoms with Gasteiger partial charge in [-0.25, -0.2) is 14.6 Å². The van der Waals surface area contributed by atoms with Crippen LogP contribution in [0.5, 0.6) is 0 Å². The number of carbonyl (C=O) groups is 2. The monoisotopic (exact) mass is 277 g/mol. The Hall–Kier alpha value is -3.37. The van der Waals surface area contributed by atoms with E-state index in [9.17, 15) is 9.59 Å². The number of H-pyrrole nitrogens is 2. The van der Waals surface area contributed by atoms with Gasteiger partial charge in [-0.2, -0.15) is 0 Å². The standard InChI is InChI=1S/C5H4N4.C4H3N3O4/c1-2-4-5(6-3-1)8-9-7-4;8-3(9)1-2(4(10)11)6-7-5-1/h1-3H,(H,6,7,8,9);(H,8,9)(H,10,11)(H,5,6,7). The molecule has 0 saturated heterocycles. The first-order valence-corrected chi connectivity index (χ1v) is 5.09. The SMILES string of the molecule is O=C(O)c1nn[nH]c1C(=O)O.c1cnc2nn[nH]c2c1. The van der Waals surface area contributed by atoms with Gasteiger partial charge in [0, 0.05) is 6.20 Å². The third kappa shape index (κ3) is 2.72. The lowest BCUT2D eigenvalue weighted by atomic mass is 10.3. The Labute approximate surface area is 109 Å². The van der Waals surface area contributed by atoms with Crippen molar-refractivity contribution in [1.29, 1.82) is 0 Å².